The number of aliphatic hydroxyl groups excluding tert-OH is 1. The van der Waals surface area contributed by atoms with Crippen molar-refractivity contribution in [1.29, 1.82) is 0 Å². The summed E-state index contributed by atoms with van der Waals surface area (Å²) in [5.74, 6) is -0.738. The van der Waals surface area contributed by atoms with E-state index in [4.69, 9.17) is 0 Å². The molecule has 9 nitrogen and oxygen atoms in total. The van der Waals surface area contributed by atoms with E-state index in [9.17, 15) is 23.9 Å². The second-order valence-electron chi connectivity index (χ2n) is 8.24. The molecule has 35 heavy (non-hydrogen) atoms. The lowest BCUT2D eigenvalue weighted by atomic mass is 10.0. The van der Waals surface area contributed by atoms with Gasteiger partial charge in [0.15, 0.2) is 0 Å². The van der Waals surface area contributed by atoms with Gasteiger partial charge in [0.25, 0.3) is 11.5 Å². The molecule has 0 saturated carbocycles. The number of hydrogen-bond donors (Lipinski definition) is 3. The van der Waals surface area contributed by atoms with E-state index in [0.29, 0.717) is 31.7 Å². The van der Waals surface area contributed by atoms with E-state index in [1.54, 1.807) is 17.0 Å². The fraction of sp³-hybridized carbons (Fsp3) is 0.280. The van der Waals surface area contributed by atoms with Crippen LogP contribution >= 0.6 is 0 Å². The van der Waals surface area contributed by atoms with E-state index >= 15 is 0 Å². The summed E-state index contributed by atoms with van der Waals surface area (Å²) < 4.78 is 13.2. The normalized spacial score (nSPS) is 15.0. The Morgan fingerprint density at radius 3 is 2.43 bits per heavy atom. The van der Waals surface area contributed by atoms with Gasteiger partial charge in [0.2, 0.25) is 6.41 Å². The van der Waals surface area contributed by atoms with Gasteiger partial charge in [0.1, 0.15) is 17.3 Å². The first-order chi connectivity index (χ1) is 17.0. The van der Waals surface area contributed by atoms with Crippen LogP contribution in [-0.2, 0) is 17.9 Å². The second-order valence-corrected chi connectivity index (χ2v) is 8.24. The van der Waals surface area contributed by atoms with E-state index in [0.717, 1.165) is 12.0 Å². The molecule has 4 rings (SSSR count). The quantitative estimate of drug-likeness (QED) is 0.418. The summed E-state index contributed by atoms with van der Waals surface area (Å²) in [6.45, 7) is 1.60. The number of nitrogens with one attached hydrogen (secondary N) is 2. The van der Waals surface area contributed by atoms with Crippen molar-refractivity contribution in [3.8, 4) is 0 Å². The van der Waals surface area contributed by atoms with Gasteiger partial charge < -0.3 is 20.3 Å². The number of carbonyl (C=O) groups is 2. The Balaban J connectivity index is 1.67. The maximum Gasteiger partial charge on any atom is 0.270 e. The SMILES string of the molecule is O=CN1CCN(C(c2ccccc2)c2nc(C(=O)NCc3ccc(F)cc3)c(CO)c(=O)[nH]2)CC1. The molecule has 182 valence electrons. The lowest BCUT2D eigenvalue weighted by Crippen LogP contribution is -2.48. The first-order valence-electron chi connectivity index (χ1n) is 11.2. The van der Waals surface area contributed by atoms with Crippen LogP contribution in [0.3, 0.4) is 0 Å². The van der Waals surface area contributed by atoms with Crippen molar-refractivity contribution in [3.05, 3.63) is 99.0 Å². The standard InChI is InChI=1S/C25H26FN5O4/c26-19-8-6-17(7-9-19)14-27-25(35)21-20(15-32)24(34)29-23(28-21)22(18-4-2-1-3-5-18)31-12-10-30(16-33)11-13-31/h1-9,16,22,32H,10-15H2,(H,27,35)(H,28,29,34). The molecular weight excluding hydrogens is 453 g/mol. The van der Waals surface area contributed by atoms with Gasteiger partial charge in [0.05, 0.1) is 18.2 Å². The van der Waals surface area contributed by atoms with Crippen LogP contribution in [0, 0.1) is 5.82 Å². The third kappa shape index (κ3) is 5.61. The zero-order chi connectivity index (χ0) is 24.8. The van der Waals surface area contributed by atoms with Crippen LogP contribution in [0.15, 0.2) is 59.4 Å². The van der Waals surface area contributed by atoms with Crippen molar-refractivity contribution in [1.82, 2.24) is 25.1 Å². The molecule has 1 aliphatic heterocycles. The van der Waals surface area contributed by atoms with Gasteiger partial charge in [-0.15, -0.1) is 0 Å². The molecule has 3 aromatic rings. The van der Waals surface area contributed by atoms with Crippen LogP contribution in [0.4, 0.5) is 4.39 Å². The van der Waals surface area contributed by atoms with Crippen molar-refractivity contribution in [2.75, 3.05) is 26.2 Å². The van der Waals surface area contributed by atoms with Crippen LogP contribution < -0.4 is 10.9 Å². The molecule has 1 atom stereocenters. The largest absolute Gasteiger partial charge is 0.391 e. The number of benzene rings is 2. The highest BCUT2D eigenvalue weighted by Gasteiger charge is 2.29. The smallest absolute Gasteiger partial charge is 0.270 e. The van der Waals surface area contributed by atoms with Crippen LogP contribution in [0.25, 0.3) is 0 Å². The van der Waals surface area contributed by atoms with Crippen molar-refractivity contribution in [3.63, 3.8) is 0 Å². The van der Waals surface area contributed by atoms with Gasteiger partial charge in [-0.05, 0) is 23.3 Å². The highest BCUT2D eigenvalue weighted by atomic mass is 19.1. The first-order valence-corrected chi connectivity index (χ1v) is 11.2. The number of piperazine rings is 1. The summed E-state index contributed by atoms with van der Waals surface area (Å²) in [4.78, 5) is 48.1. The van der Waals surface area contributed by atoms with E-state index in [-0.39, 0.29) is 29.4 Å². The molecule has 1 fully saturated rings. The number of aromatic nitrogens is 2. The highest BCUT2D eigenvalue weighted by molar-refractivity contribution is 5.93. The summed E-state index contributed by atoms with van der Waals surface area (Å²) in [6, 6.07) is 14.7. The highest BCUT2D eigenvalue weighted by Crippen LogP contribution is 2.27. The zero-order valence-corrected chi connectivity index (χ0v) is 19.0. The number of H-pyrrole nitrogens is 1. The van der Waals surface area contributed by atoms with Gasteiger partial charge in [-0.2, -0.15) is 0 Å². The molecule has 0 bridgehead atoms. The summed E-state index contributed by atoms with van der Waals surface area (Å²) in [5.41, 5.74) is 0.635. The minimum absolute atomic E-state index is 0.101. The molecular formula is C25H26FN5O4. The zero-order valence-electron chi connectivity index (χ0n) is 19.0. The molecule has 0 spiro atoms. The maximum atomic E-state index is 13.2. The van der Waals surface area contributed by atoms with E-state index in [1.807, 2.05) is 30.3 Å². The lowest BCUT2D eigenvalue weighted by molar-refractivity contribution is -0.119. The summed E-state index contributed by atoms with van der Waals surface area (Å²) in [6.07, 6.45) is 0.814. The summed E-state index contributed by atoms with van der Waals surface area (Å²) >= 11 is 0. The topological polar surface area (TPSA) is 119 Å². The third-order valence-electron chi connectivity index (χ3n) is 6.01. The van der Waals surface area contributed by atoms with E-state index < -0.39 is 24.1 Å². The van der Waals surface area contributed by atoms with Gasteiger partial charge in [-0.25, -0.2) is 9.37 Å². The Labute approximate surface area is 201 Å². The number of nitrogens with zero attached hydrogens (tertiary/aromatic N) is 3. The van der Waals surface area contributed by atoms with Crippen LogP contribution in [-0.4, -0.2) is 63.4 Å². The molecule has 3 N–H and O–H groups in total. The van der Waals surface area contributed by atoms with E-state index in [1.165, 1.54) is 12.1 Å². The molecule has 2 amide bonds. The summed E-state index contributed by atoms with van der Waals surface area (Å²) in [5, 5.41) is 12.5. The van der Waals surface area contributed by atoms with Crippen molar-refractivity contribution >= 4 is 12.3 Å². The number of rotatable bonds is 8. The lowest BCUT2D eigenvalue weighted by Gasteiger charge is -2.37. The number of halogens is 1. The van der Waals surface area contributed by atoms with Crippen molar-refractivity contribution in [2.45, 2.75) is 19.2 Å². The van der Waals surface area contributed by atoms with Crippen LogP contribution in [0.5, 0.6) is 0 Å². The fourth-order valence-electron chi connectivity index (χ4n) is 4.13. The molecule has 1 unspecified atom stereocenters. The molecule has 10 heteroatoms. The van der Waals surface area contributed by atoms with Crippen molar-refractivity contribution < 1.29 is 19.1 Å². The molecule has 1 aliphatic rings. The maximum absolute atomic E-state index is 13.2. The van der Waals surface area contributed by atoms with Gasteiger partial charge in [-0.1, -0.05) is 42.5 Å². The number of aromatic amines is 1. The number of carbonyl (C=O) groups excluding carboxylic acids is 2. The Kier molecular flexibility index (Phi) is 7.64. The molecule has 0 radical (unpaired) electrons. The predicted molar refractivity (Wildman–Crippen MR) is 126 cm³/mol. The minimum Gasteiger partial charge on any atom is -0.391 e. The monoisotopic (exact) mass is 479 g/mol. The fourth-order valence-corrected chi connectivity index (χ4v) is 4.13. The minimum atomic E-state index is -0.657. The first kappa shape index (κ1) is 24.2. The Hall–Kier alpha value is -3.89. The number of hydrogen-bond acceptors (Lipinski definition) is 6. The molecule has 0 aliphatic carbocycles. The van der Waals surface area contributed by atoms with Crippen molar-refractivity contribution in [2.24, 2.45) is 0 Å². The Bertz CT molecular complexity index is 1220. The Morgan fingerprint density at radius 2 is 1.80 bits per heavy atom. The van der Waals surface area contributed by atoms with Crippen LogP contribution in [0.2, 0.25) is 0 Å². The molecule has 1 aromatic heterocycles. The second kappa shape index (κ2) is 11.0. The molecule has 2 heterocycles. The summed E-state index contributed by atoms with van der Waals surface area (Å²) in [7, 11) is 0. The number of amides is 2. The third-order valence-corrected chi connectivity index (χ3v) is 6.01. The van der Waals surface area contributed by atoms with Crippen LogP contribution in [0.1, 0.15) is 39.0 Å². The van der Waals surface area contributed by atoms with Gasteiger partial charge >= 0.3 is 0 Å². The molecule has 2 aromatic carbocycles. The average molecular weight is 480 g/mol. The van der Waals surface area contributed by atoms with E-state index in [2.05, 4.69) is 20.2 Å². The number of aliphatic hydroxyl groups is 1. The van der Waals surface area contributed by atoms with Gasteiger partial charge in [0, 0.05) is 32.7 Å². The van der Waals surface area contributed by atoms with Gasteiger partial charge in [-0.3, -0.25) is 19.3 Å². The molecule has 1 saturated heterocycles. The Morgan fingerprint density at radius 1 is 1.11 bits per heavy atom. The average Bonchev–Trinajstić information content (AvgIpc) is 2.89. The predicted octanol–water partition coefficient (Wildman–Crippen LogP) is 1.19.